The van der Waals surface area contributed by atoms with Gasteiger partial charge in [0.05, 0.1) is 0 Å². The third kappa shape index (κ3) is 3.73. The minimum absolute atomic E-state index is 0. The van der Waals surface area contributed by atoms with Crippen LogP contribution >= 0.6 is 0 Å². The van der Waals surface area contributed by atoms with Crippen LogP contribution in [0.5, 0.6) is 0 Å². The maximum atomic E-state index is 2.12. The Balaban J connectivity index is 0. The van der Waals surface area contributed by atoms with Crippen molar-refractivity contribution in [1.29, 1.82) is 0 Å². The van der Waals surface area contributed by atoms with E-state index in [2.05, 4.69) is 48.5 Å². The molecule has 0 aliphatic heterocycles. The molecule has 0 bridgehead atoms. The molecule has 2 rings (SSSR count). The predicted molar refractivity (Wildman–Crippen MR) is 49.7 cm³/mol. The summed E-state index contributed by atoms with van der Waals surface area (Å²) in [6.07, 6.45) is 0. The third-order valence-electron chi connectivity index (χ3n) is 1.66. The van der Waals surface area contributed by atoms with Crippen molar-refractivity contribution in [2.45, 2.75) is 0 Å². The van der Waals surface area contributed by atoms with Gasteiger partial charge in [-0.15, -0.1) is 0 Å². The maximum Gasteiger partial charge on any atom is 2.00 e. The molecule has 0 saturated heterocycles. The second-order valence-corrected chi connectivity index (χ2v) is 2.35. The Hall–Kier alpha value is 0.0462. The van der Waals surface area contributed by atoms with Crippen molar-refractivity contribution in [2.75, 3.05) is 0 Å². The van der Waals surface area contributed by atoms with Gasteiger partial charge in [-0.3, -0.25) is 0 Å². The van der Waals surface area contributed by atoms with E-state index >= 15 is 0 Å². The standard InChI is InChI=1S/C10H8.2ClH.Mg/c1-2-6-10-8-4-3-7-9(10)5-1;;;/h1-8H;2*1H;/q;;;+2/p-2. The van der Waals surface area contributed by atoms with Crippen molar-refractivity contribution >= 4 is 33.8 Å². The third-order valence-corrected chi connectivity index (χ3v) is 1.66. The molecule has 0 saturated carbocycles. The predicted octanol–water partition coefficient (Wildman–Crippen LogP) is -3.53. The largest absolute Gasteiger partial charge is 2.00 e. The van der Waals surface area contributed by atoms with Gasteiger partial charge in [0.2, 0.25) is 0 Å². The fraction of sp³-hybridized carbons (Fsp3) is 0. The van der Waals surface area contributed by atoms with Gasteiger partial charge in [-0.1, -0.05) is 48.5 Å². The topological polar surface area (TPSA) is 0 Å². The summed E-state index contributed by atoms with van der Waals surface area (Å²) in [5, 5.41) is 2.62. The smallest absolute Gasteiger partial charge is 1.00 e. The van der Waals surface area contributed by atoms with Crippen LogP contribution in [-0.2, 0) is 0 Å². The molecule has 0 atom stereocenters. The summed E-state index contributed by atoms with van der Waals surface area (Å²) in [7, 11) is 0. The zero-order valence-corrected chi connectivity index (χ0v) is 10.0. The molecule has 0 amide bonds. The number of hydrogen-bond acceptors (Lipinski definition) is 0. The first kappa shape index (κ1) is 15.5. The fourth-order valence-corrected chi connectivity index (χ4v) is 1.13. The minimum Gasteiger partial charge on any atom is -1.00 e. The average Bonchev–Trinajstić information content (AvgIpc) is 2.05. The zero-order chi connectivity index (χ0) is 6.81. The number of benzene rings is 2. The van der Waals surface area contributed by atoms with Crippen molar-refractivity contribution in [3.63, 3.8) is 0 Å². The summed E-state index contributed by atoms with van der Waals surface area (Å²) in [6, 6.07) is 16.7. The van der Waals surface area contributed by atoms with E-state index < -0.39 is 0 Å². The minimum atomic E-state index is 0. The molecule has 0 aromatic heterocycles. The molecule has 0 aliphatic rings. The first-order chi connectivity index (χ1) is 4.97. The van der Waals surface area contributed by atoms with Crippen LogP contribution in [0.3, 0.4) is 0 Å². The summed E-state index contributed by atoms with van der Waals surface area (Å²) in [5.41, 5.74) is 0. The van der Waals surface area contributed by atoms with E-state index in [-0.39, 0.29) is 47.9 Å². The second-order valence-electron chi connectivity index (χ2n) is 2.35. The van der Waals surface area contributed by atoms with Gasteiger partial charge in [0, 0.05) is 0 Å². The molecular formula is C10H8Cl2Mg. The fourth-order valence-electron chi connectivity index (χ4n) is 1.13. The van der Waals surface area contributed by atoms with Crippen molar-refractivity contribution in [3.05, 3.63) is 48.5 Å². The van der Waals surface area contributed by atoms with E-state index in [1.54, 1.807) is 0 Å². The molecule has 0 unspecified atom stereocenters. The van der Waals surface area contributed by atoms with E-state index in [0.29, 0.717) is 0 Å². The van der Waals surface area contributed by atoms with Crippen molar-refractivity contribution in [1.82, 2.24) is 0 Å². The molecule has 0 heterocycles. The number of hydrogen-bond donors (Lipinski definition) is 0. The molecule has 2 aromatic rings. The Kier molecular flexibility index (Phi) is 8.89. The van der Waals surface area contributed by atoms with Gasteiger partial charge < -0.3 is 24.8 Å². The molecule has 3 heteroatoms. The van der Waals surface area contributed by atoms with Gasteiger partial charge in [-0.2, -0.15) is 0 Å². The first-order valence-electron chi connectivity index (χ1n) is 3.40. The van der Waals surface area contributed by atoms with E-state index in [1.165, 1.54) is 10.8 Å². The van der Waals surface area contributed by atoms with Crippen LogP contribution in [0.15, 0.2) is 48.5 Å². The monoisotopic (exact) mass is 222 g/mol. The molecule has 64 valence electrons. The average molecular weight is 223 g/mol. The Bertz CT molecular complexity index is 284. The number of halogens is 2. The van der Waals surface area contributed by atoms with Crippen LogP contribution in [-0.4, -0.2) is 23.1 Å². The van der Waals surface area contributed by atoms with E-state index in [1.807, 2.05) is 0 Å². The maximum absolute atomic E-state index is 2.12. The Labute approximate surface area is 107 Å². The molecule has 0 aliphatic carbocycles. The molecule has 13 heavy (non-hydrogen) atoms. The molecule has 0 N–H and O–H groups in total. The van der Waals surface area contributed by atoms with Crippen LogP contribution in [0.25, 0.3) is 10.8 Å². The molecular weight excluding hydrogens is 215 g/mol. The van der Waals surface area contributed by atoms with Gasteiger partial charge in [-0.25, -0.2) is 0 Å². The summed E-state index contributed by atoms with van der Waals surface area (Å²) in [6.45, 7) is 0. The van der Waals surface area contributed by atoms with Crippen LogP contribution in [0.4, 0.5) is 0 Å². The van der Waals surface area contributed by atoms with Crippen LogP contribution in [0.2, 0.25) is 0 Å². The second kappa shape index (κ2) is 7.45. The molecule has 0 fully saturated rings. The van der Waals surface area contributed by atoms with Gasteiger partial charge in [0.1, 0.15) is 0 Å². The van der Waals surface area contributed by atoms with Gasteiger partial charge in [0.15, 0.2) is 0 Å². The number of rotatable bonds is 0. The summed E-state index contributed by atoms with van der Waals surface area (Å²) < 4.78 is 0. The molecule has 0 spiro atoms. The van der Waals surface area contributed by atoms with Crippen LogP contribution < -0.4 is 24.8 Å². The quantitative estimate of drug-likeness (QED) is 0.406. The van der Waals surface area contributed by atoms with Gasteiger partial charge in [-0.05, 0) is 10.8 Å². The summed E-state index contributed by atoms with van der Waals surface area (Å²) >= 11 is 0. The Morgan fingerprint density at radius 1 is 0.538 bits per heavy atom. The molecule has 2 aromatic carbocycles. The van der Waals surface area contributed by atoms with Gasteiger partial charge >= 0.3 is 23.1 Å². The van der Waals surface area contributed by atoms with Crippen molar-refractivity contribution < 1.29 is 24.8 Å². The summed E-state index contributed by atoms with van der Waals surface area (Å²) in [4.78, 5) is 0. The zero-order valence-electron chi connectivity index (χ0n) is 7.08. The normalized spacial score (nSPS) is 7.69. The van der Waals surface area contributed by atoms with Crippen LogP contribution in [0.1, 0.15) is 0 Å². The van der Waals surface area contributed by atoms with Crippen molar-refractivity contribution in [3.8, 4) is 0 Å². The first-order valence-corrected chi connectivity index (χ1v) is 3.40. The Morgan fingerprint density at radius 3 is 1.00 bits per heavy atom. The Morgan fingerprint density at radius 2 is 0.769 bits per heavy atom. The van der Waals surface area contributed by atoms with Gasteiger partial charge in [0.25, 0.3) is 0 Å². The van der Waals surface area contributed by atoms with Crippen LogP contribution in [0, 0.1) is 0 Å². The van der Waals surface area contributed by atoms with E-state index in [0.717, 1.165) is 0 Å². The SMILES string of the molecule is [Cl-].[Cl-].[Mg+2].c1ccc2ccccc2c1. The molecule has 0 radical (unpaired) electrons. The number of fused-ring (bicyclic) bond motifs is 1. The summed E-state index contributed by atoms with van der Waals surface area (Å²) in [5.74, 6) is 0. The molecule has 0 nitrogen and oxygen atoms in total. The van der Waals surface area contributed by atoms with Crippen molar-refractivity contribution in [2.24, 2.45) is 0 Å². The van der Waals surface area contributed by atoms with E-state index in [9.17, 15) is 0 Å². The van der Waals surface area contributed by atoms with E-state index in [4.69, 9.17) is 0 Å².